The summed E-state index contributed by atoms with van der Waals surface area (Å²) in [7, 11) is 0. The Kier molecular flexibility index (Phi) is 4.38. The molecule has 0 aliphatic heterocycles. The quantitative estimate of drug-likeness (QED) is 0.789. The normalized spacial score (nSPS) is 11.2. The first-order chi connectivity index (χ1) is 7.42. The van der Waals surface area contributed by atoms with Gasteiger partial charge in [-0.15, -0.1) is 11.8 Å². The fraction of sp³-hybridized carbons (Fsp3) is 0.417. The summed E-state index contributed by atoms with van der Waals surface area (Å²) in [5, 5.41) is 12.2. The van der Waals surface area contributed by atoms with Gasteiger partial charge in [0, 0.05) is 17.0 Å². The fourth-order valence-corrected chi connectivity index (χ4v) is 1.55. The van der Waals surface area contributed by atoms with Crippen LogP contribution >= 0.6 is 11.8 Å². The molecule has 88 valence electrons. The standard InChI is InChI=1S/C12H17NO2S/c1-12(2,15)8-13-11(14)9-4-6-10(16-3)7-5-9/h4-7,15H,8H2,1-3H3,(H,13,14). The molecule has 0 atom stereocenters. The van der Waals surface area contributed by atoms with Gasteiger partial charge in [-0.05, 0) is 44.4 Å². The molecule has 0 saturated heterocycles. The monoisotopic (exact) mass is 239 g/mol. The van der Waals surface area contributed by atoms with Crippen molar-refractivity contribution in [3.05, 3.63) is 29.8 Å². The molecular weight excluding hydrogens is 222 g/mol. The number of amides is 1. The van der Waals surface area contributed by atoms with E-state index in [0.717, 1.165) is 4.90 Å². The molecule has 2 N–H and O–H groups in total. The molecule has 0 heterocycles. The van der Waals surface area contributed by atoms with Gasteiger partial charge in [0.1, 0.15) is 0 Å². The van der Waals surface area contributed by atoms with Crippen molar-refractivity contribution in [1.82, 2.24) is 5.32 Å². The van der Waals surface area contributed by atoms with E-state index in [0.29, 0.717) is 5.56 Å². The second-order valence-corrected chi connectivity index (χ2v) is 5.10. The lowest BCUT2D eigenvalue weighted by atomic mass is 10.1. The Morgan fingerprint density at radius 1 is 1.38 bits per heavy atom. The van der Waals surface area contributed by atoms with E-state index < -0.39 is 5.60 Å². The SMILES string of the molecule is CSc1ccc(C(=O)NCC(C)(C)O)cc1. The average molecular weight is 239 g/mol. The van der Waals surface area contributed by atoms with Gasteiger partial charge in [-0.3, -0.25) is 4.79 Å². The zero-order valence-corrected chi connectivity index (χ0v) is 10.6. The van der Waals surface area contributed by atoms with Gasteiger partial charge in [-0.1, -0.05) is 0 Å². The first kappa shape index (κ1) is 13.1. The Balaban J connectivity index is 2.59. The third-order valence-corrected chi connectivity index (χ3v) is 2.78. The summed E-state index contributed by atoms with van der Waals surface area (Å²) in [4.78, 5) is 12.8. The van der Waals surface area contributed by atoms with Crippen molar-refractivity contribution in [3.63, 3.8) is 0 Å². The van der Waals surface area contributed by atoms with Crippen LogP contribution in [-0.4, -0.2) is 29.4 Å². The van der Waals surface area contributed by atoms with Crippen molar-refractivity contribution in [3.8, 4) is 0 Å². The van der Waals surface area contributed by atoms with Crippen molar-refractivity contribution in [2.24, 2.45) is 0 Å². The van der Waals surface area contributed by atoms with E-state index in [9.17, 15) is 9.90 Å². The summed E-state index contributed by atoms with van der Waals surface area (Å²) in [6.07, 6.45) is 1.99. The van der Waals surface area contributed by atoms with Crippen LogP contribution in [0.1, 0.15) is 24.2 Å². The molecule has 1 aromatic carbocycles. The maximum atomic E-state index is 11.7. The molecular formula is C12H17NO2S. The van der Waals surface area contributed by atoms with Gasteiger partial charge in [0.15, 0.2) is 0 Å². The second kappa shape index (κ2) is 5.37. The minimum Gasteiger partial charge on any atom is -0.389 e. The number of carbonyl (C=O) groups excluding carboxylic acids is 1. The molecule has 0 unspecified atom stereocenters. The summed E-state index contributed by atoms with van der Waals surface area (Å²) in [6.45, 7) is 3.56. The molecule has 1 aromatic rings. The van der Waals surface area contributed by atoms with Gasteiger partial charge >= 0.3 is 0 Å². The molecule has 0 spiro atoms. The predicted molar refractivity (Wildman–Crippen MR) is 66.9 cm³/mol. The molecule has 3 nitrogen and oxygen atoms in total. The molecule has 16 heavy (non-hydrogen) atoms. The van der Waals surface area contributed by atoms with E-state index in [2.05, 4.69) is 5.32 Å². The smallest absolute Gasteiger partial charge is 0.251 e. The molecule has 1 amide bonds. The average Bonchev–Trinajstić information content (AvgIpc) is 2.25. The van der Waals surface area contributed by atoms with Crippen LogP contribution in [0, 0.1) is 0 Å². The summed E-state index contributed by atoms with van der Waals surface area (Å²) in [5.41, 5.74) is -0.267. The van der Waals surface area contributed by atoms with Crippen LogP contribution in [0.2, 0.25) is 0 Å². The minimum absolute atomic E-state index is 0.158. The highest BCUT2D eigenvalue weighted by Gasteiger charge is 2.14. The third-order valence-electron chi connectivity index (χ3n) is 2.03. The molecule has 0 aliphatic carbocycles. The molecule has 0 saturated carbocycles. The van der Waals surface area contributed by atoms with Crippen LogP contribution < -0.4 is 5.32 Å². The van der Waals surface area contributed by atoms with E-state index >= 15 is 0 Å². The van der Waals surface area contributed by atoms with Crippen LogP contribution in [0.5, 0.6) is 0 Å². The van der Waals surface area contributed by atoms with E-state index in [-0.39, 0.29) is 12.5 Å². The van der Waals surface area contributed by atoms with Gasteiger partial charge < -0.3 is 10.4 Å². The fourth-order valence-electron chi connectivity index (χ4n) is 1.14. The van der Waals surface area contributed by atoms with Crippen LogP contribution in [-0.2, 0) is 0 Å². The molecule has 1 rings (SSSR count). The van der Waals surface area contributed by atoms with E-state index in [4.69, 9.17) is 0 Å². The molecule has 0 radical (unpaired) electrons. The van der Waals surface area contributed by atoms with Crippen molar-refractivity contribution >= 4 is 17.7 Å². The number of hydrogen-bond acceptors (Lipinski definition) is 3. The molecule has 0 aromatic heterocycles. The minimum atomic E-state index is -0.880. The lowest BCUT2D eigenvalue weighted by Crippen LogP contribution is -2.38. The first-order valence-corrected chi connectivity index (χ1v) is 6.29. The number of aliphatic hydroxyl groups is 1. The second-order valence-electron chi connectivity index (χ2n) is 4.22. The number of rotatable bonds is 4. The lowest BCUT2D eigenvalue weighted by Gasteiger charge is -2.17. The van der Waals surface area contributed by atoms with Crippen LogP contribution in [0.4, 0.5) is 0 Å². The van der Waals surface area contributed by atoms with Gasteiger partial charge in [0.25, 0.3) is 5.91 Å². The van der Waals surface area contributed by atoms with Gasteiger partial charge in [0.2, 0.25) is 0 Å². The topological polar surface area (TPSA) is 49.3 Å². The maximum absolute atomic E-state index is 11.7. The summed E-state index contributed by atoms with van der Waals surface area (Å²) in [5.74, 6) is -0.158. The zero-order valence-electron chi connectivity index (χ0n) is 9.78. The molecule has 0 bridgehead atoms. The Morgan fingerprint density at radius 2 is 1.94 bits per heavy atom. The maximum Gasteiger partial charge on any atom is 0.251 e. The predicted octanol–water partition coefficient (Wildman–Crippen LogP) is 1.91. The highest BCUT2D eigenvalue weighted by Crippen LogP contribution is 2.14. The highest BCUT2D eigenvalue weighted by molar-refractivity contribution is 7.98. The van der Waals surface area contributed by atoms with Crippen molar-refractivity contribution in [2.75, 3.05) is 12.8 Å². The molecule has 0 aliphatic rings. The van der Waals surface area contributed by atoms with Gasteiger partial charge in [0.05, 0.1) is 5.60 Å². The Morgan fingerprint density at radius 3 is 2.38 bits per heavy atom. The van der Waals surface area contributed by atoms with Crippen LogP contribution in [0.15, 0.2) is 29.2 Å². The lowest BCUT2D eigenvalue weighted by molar-refractivity contribution is 0.0694. The number of benzene rings is 1. The van der Waals surface area contributed by atoms with Gasteiger partial charge in [-0.25, -0.2) is 0 Å². The summed E-state index contributed by atoms with van der Waals surface area (Å²) in [6, 6.07) is 7.38. The van der Waals surface area contributed by atoms with Gasteiger partial charge in [-0.2, -0.15) is 0 Å². The summed E-state index contributed by atoms with van der Waals surface area (Å²) < 4.78 is 0. The summed E-state index contributed by atoms with van der Waals surface area (Å²) >= 11 is 1.64. The Labute approximate surface area is 100 Å². The van der Waals surface area contributed by atoms with Crippen molar-refractivity contribution in [2.45, 2.75) is 24.3 Å². The first-order valence-electron chi connectivity index (χ1n) is 5.07. The molecule has 4 heteroatoms. The number of thioether (sulfide) groups is 1. The number of nitrogens with one attached hydrogen (secondary N) is 1. The Hall–Kier alpha value is -1.00. The zero-order chi connectivity index (χ0) is 12.2. The largest absolute Gasteiger partial charge is 0.389 e. The van der Waals surface area contributed by atoms with Crippen molar-refractivity contribution < 1.29 is 9.90 Å². The number of carbonyl (C=O) groups is 1. The van der Waals surface area contributed by atoms with E-state index in [1.165, 1.54) is 0 Å². The van der Waals surface area contributed by atoms with E-state index in [1.54, 1.807) is 37.7 Å². The Bertz CT molecular complexity index is 354. The van der Waals surface area contributed by atoms with E-state index in [1.807, 2.05) is 18.4 Å². The highest BCUT2D eigenvalue weighted by atomic mass is 32.2. The third kappa shape index (κ3) is 4.24. The molecule has 0 fully saturated rings. The number of hydrogen-bond donors (Lipinski definition) is 2. The van der Waals surface area contributed by atoms with Crippen LogP contribution in [0.25, 0.3) is 0 Å². The van der Waals surface area contributed by atoms with Crippen molar-refractivity contribution in [1.29, 1.82) is 0 Å². The van der Waals surface area contributed by atoms with Crippen LogP contribution in [0.3, 0.4) is 0 Å².